The molecule has 0 bridgehead atoms. The summed E-state index contributed by atoms with van der Waals surface area (Å²) in [4.78, 5) is 23.4. The molecule has 0 aliphatic carbocycles. The van der Waals surface area contributed by atoms with Gasteiger partial charge in [-0.05, 0) is 25.0 Å². The molecule has 3 aromatic rings. The highest BCUT2D eigenvalue weighted by molar-refractivity contribution is 7.07. The summed E-state index contributed by atoms with van der Waals surface area (Å²) in [5.41, 5.74) is 3.72. The summed E-state index contributed by atoms with van der Waals surface area (Å²) < 4.78 is 2.15. The number of rotatable bonds is 4. The third kappa shape index (κ3) is 3.77. The standard InChI is InChI=1S/C19H21N5OS/c25-19(22-16-6-2-1-3-7-16)24-9-4-5-15(11-24)18-20-8-10-23(18)12-17-13-26-14-21-17/h1-3,6-8,10,13-15H,4-5,9,11-12H2,(H,22,25). The molecule has 2 aromatic heterocycles. The second kappa shape index (κ2) is 7.70. The van der Waals surface area contributed by atoms with Gasteiger partial charge in [0.25, 0.3) is 0 Å². The van der Waals surface area contributed by atoms with Crippen LogP contribution in [-0.2, 0) is 6.54 Å². The molecular weight excluding hydrogens is 346 g/mol. The molecule has 0 radical (unpaired) electrons. The van der Waals surface area contributed by atoms with Crippen molar-refractivity contribution in [3.63, 3.8) is 0 Å². The quantitative estimate of drug-likeness (QED) is 0.763. The molecular formula is C19H21N5OS. The van der Waals surface area contributed by atoms with Gasteiger partial charge >= 0.3 is 6.03 Å². The molecule has 1 aliphatic rings. The van der Waals surface area contributed by atoms with E-state index in [9.17, 15) is 4.79 Å². The number of thiazole rings is 1. The summed E-state index contributed by atoms with van der Waals surface area (Å²) in [6.45, 7) is 2.19. The van der Waals surface area contributed by atoms with E-state index in [4.69, 9.17) is 0 Å². The zero-order valence-corrected chi connectivity index (χ0v) is 15.2. The predicted molar refractivity (Wildman–Crippen MR) is 102 cm³/mol. The van der Waals surface area contributed by atoms with Crippen molar-refractivity contribution in [2.75, 3.05) is 18.4 Å². The number of anilines is 1. The van der Waals surface area contributed by atoms with Crippen molar-refractivity contribution in [2.45, 2.75) is 25.3 Å². The fourth-order valence-electron chi connectivity index (χ4n) is 3.40. The molecule has 1 atom stereocenters. The summed E-state index contributed by atoms with van der Waals surface area (Å²) in [6, 6.07) is 9.54. The van der Waals surface area contributed by atoms with Crippen LogP contribution in [-0.4, -0.2) is 38.6 Å². The number of benzene rings is 1. The van der Waals surface area contributed by atoms with Crippen molar-refractivity contribution in [3.05, 3.63) is 65.1 Å². The summed E-state index contributed by atoms with van der Waals surface area (Å²) >= 11 is 1.60. The van der Waals surface area contributed by atoms with Crippen molar-refractivity contribution in [3.8, 4) is 0 Å². The molecule has 0 saturated carbocycles. The van der Waals surface area contributed by atoms with Crippen molar-refractivity contribution < 1.29 is 4.79 Å². The number of para-hydroxylation sites is 1. The Labute approximate surface area is 156 Å². The molecule has 6 nitrogen and oxygen atoms in total. The smallest absolute Gasteiger partial charge is 0.321 e. The molecule has 1 aromatic carbocycles. The Balaban J connectivity index is 1.44. The monoisotopic (exact) mass is 367 g/mol. The SMILES string of the molecule is O=C(Nc1ccccc1)N1CCCC(c2nccn2Cc2cscn2)C1. The summed E-state index contributed by atoms with van der Waals surface area (Å²) in [5, 5.41) is 5.04. The molecule has 3 heterocycles. The number of hydrogen-bond donors (Lipinski definition) is 1. The number of likely N-dealkylation sites (tertiary alicyclic amines) is 1. The van der Waals surface area contributed by atoms with E-state index in [1.165, 1.54) is 0 Å². The van der Waals surface area contributed by atoms with E-state index in [2.05, 4.69) is 25.2 Å². The molecule has 1 N–H and O–H groups in total. The number of hydrogen-bond acceptors (Lipinski definition) is 4. The maximum absolute atomic E-state index is 12.6. The highest BCUT2D eigenvalue weighted by atomic mass is 32.1. The Hall–Kier alpha value is -2.67. The average Bonchev–Trinajstić information content (AvgIpc) is 3.35. The molecule has 4 rings (SSSR count). The van der Waals surface area contributed by atoms with Crippen LogP contribution in [0.15, 0.2) is 53.6 Å². The number of urea groups is 1. The van der Waals surface area contributed by atoms with E-state index in [1.54, 1.807) is 11.3 Å². The molecule has 134 valence electrons. The fraction of sp³-hybridized carbons (Fsp3) is 0.316. The average molecular weight is 367 g/mol. The minimum atomic E-state index is -0.0430. The maximum Gasteiger partial charge on any atom is 0.321 e. The lowest BCUT2D eigenvalue weighted by Gasteiger charge is -2.32. The lowest BCUT2D eigenvalue weighted by Crippen LogP contribution is -2.42. The van der Waals surface area contributed by atoms with Crippen LogP contribution in [0.2, 0.25) is 0 Å². The molecule has 1 unspecified atom stereocenters. The van der Waals surface area contributed by atoms with Crippen molar-refractivity contribution in [2.24, 2.45) is 0 Å². The third-order valence-corrected chi connectivity index (χ3v) is 5.30. The zero-order chi connectivity index (χ0) is 17.8. The van der Waals surface area contributed by atoms with Crippen molar-refractivity contribution >= 4 is 23.1 Å². The van der Waals surface area contributed by atoms with Gasteiger partial charge in [0.05, 0.1) is 17.7 Å². The normalized spacial score (nSPS) is 17.2. The summed E-state index contributed by atoms with van der Waals surface area (Å²) in [7, 11) is 0. The Morgan fingerprint density at radius 1 is 1.27 bits per heavy atom. The number of imidazole rings is 1. The second-order valence-electron chi connectivity index (χ2n) is 6.47. The first kappa shape index (κ1) is 16.8. The number of amides is 2. The topological polar surface area (TPSA) is 63.1 Å². The number of carbonyl (C=O) groups is 1. The van der Waals surface area contributed by atoms with Crippen molar-refractivity contribution in [1.82, 2.24) is 19.4 Å². The zero-order valence-electron chi connectivity index (χ0n) is 14.4. The molecule has 2 amide bonds. The fourth-order valence-corrected chi connectivity index (χ4v) is 3.95. The van der Waals surface area contributed by atoms with Gasteiger partial charge in [-0.1, -0.05) is 18.2 Å². The summed E-state index contributed by atoms with van der Waals surface area (Å²) in [5.74, 6) is 1.29. The second-order valence-corrected chi connectivity index (χ2v) is 7.19. The van der Waals surface area contributed by atoms with Gasteiger partial charge in [-0.25, -0.2) is 14.8 Å². The van der Waals surface area contributed by atoms with Gasteiger partial charge in [0.1, 0.15) is 5.82 Å². The van der Waals surface area contributed by atoms with E-state index in [-0.39, 0.29) is 11.9 Å². The molecule has 1 fully saturated rings. The van der Waals surface area contributed by atoms with Gasteiger partial charge in [-0.3, -0.25) is 0 Å². The van der Waals surface area contributed by atoms with E-state index >= 15 is 0 Å². The van der Waals surface area contributed by atoms with Crippen LogP contribution in [0.1, 0.15) is 30.3 Å². The minimum absolute atomic E-state index is 0.0430. The first-order chi connectivity index (χ1) is 12.8. The largest absolute Gasteiger partial charge is 0.329 e. The minimum Gasteiger partial charge on any atom is -0.329 e. The molecule has 0 spiro atoms. The van der Waals surface area contributed by atoms with Crippen LogP contribution < -0.4 is 5.32 Å². The predicted octanol–water partition coefficient (Wildman–Crippen LogP) is 3.80. The van der Waals surface area contributed by atoms with E-state index < -0.39 is 0 Å². The van der Waals surface area contributed by atoms with Crippen LogP contribution in [0, 0.1) is 0 Å². The Morgan fingerprint density at radius 2 is 2.15 bits per heavy atom. The molecule has 1 aliphatic heterocycles. The third-order valence-electron chi connectivity index (χ3n) is 4.66. The van der Waals surface area contributed by atoms with Gasteiger partial charge < -0.3 is 14.8 Å². The maximum atomic E-state index is 12.6. The highest BCUT2D eigenvalue weighted by Crippen LogP contribution is 2.26. The van der Waals surface area contributed by atoms with Crippen LogP contribution in [0.25, 0.3) is 0 Å². The van der Waals surface area contributed by atoms with Crippen LogP contribution in [0.5, 0.6) is 0 Å². The lowest BCUT2D eigenvalue weighted by atomic mass is 9.97. The van der Waals surface area contributed by atoms with Gasteiger partial charge in [0.15, 0.2) is 0 Å². The van der Waals surface area contributed by atoms with Crippen molar-refractivity contribution in [1.29, 1.82) is 0 Å². The van der Waals surface area contributed by atoms with E-state index in [0.29, 0.717) is 6.54 Å². The highest BCUT2D eigenvalue weighted by Gasteiger charge is 2.27. The number of nitrogens with zero attached hydrogens (tertiary/aromatic N) is 4. The number of aromatic nitrogens is 3. The number of carbonyl (C=O) groups excluding carboxylic acids is 1. The number of piperidine rings is 1. The van der Waals surface area contributed by atoms with E-state index in [1.807, 2.05) is 53.1 Å². The van der Waals surface area contributed by atoms with Crippen LogP contribution in [0.4, 0.5) is 10.5 Å². The number of nitrogens with one attached hydrogen (secondary N) is 1. The molecule has 7 heteroatoms. The van der Waals surface area contributed by atoms with Gasteiger partial charge in [0.2, 0.25) is 0 Å². The Kier molecular flexibility index (Phi) is 4.97. The van der Waals surface area contributed by atoms with Crippen LogP contribution >= 0.6 is 11.3 Å². The van der Waals surface area contributed by atoms with Gasteiger partial charge in [-0.2, -0.15) is 0 Å². The Morgan fingerprint density at radius 3 is 2.96 bits per heavy atom. The summed E-state index contributed by atoms with van der Waals surface area (Å²) in [6.07, 6.45) is 5.86. The first-order valence-corrected chi connectivity index (χ1v) is 9.73. The first-order valence-electron chi connectivity index (χ1n) is 8.78. The van der Waals surface area contributed by atoms with E-state index in [0.717, 1.165) is 43.1 Å². The lowest BCUT2D eigenvalue weighted by molar-refractivity contribution is 0.190. The van der Waals surface area contributed by atoms with Gasteiger partial charge in [-0.15, -0.1) is 11.3 Å². The Bertz CT molecular complexity index is 846. The molecule has 26 heavy (non-hydrogen) atoms. The van der Waals surface area contributed by atoms with Crippen LogP contribution in [0.3, 0.4) is 0 Å². The van der Waals surface area contributed by atoms with Gasteiger partial charge in [0, 0.05) is 42.5 Å². The molecule has 1 saturated heterocycles.